The van der Waals surface area contributed by atoms with Crippen LogP contribution in [0.2, 0.25) is 0 Å². The van der Waals surface area contributed by atoms with Gasteiger partial charge in [-0.25, -0.2) is 8.78 Å². The molecule has 7 nitrogen and oxygen atoms in total. The summed E-state index contributed by atoms with van der Waals surface area (Å²) in [6.07, 6.45) is -4.11. The number of ether oxygens (including phenoxy) is 1. The van der Waals surface area contributed by atoms with Gasteiger partial charge in [0.2, 0.25) is 0 Å². The van der Waals surface area contributed by atoms with Gasteiger partial charge in [0.25, 0.3) is 11.8 Å². The van der Waals surface area contributed by atoms with E-state index in [4.69, 9.17) is 4.74 Å². The molecular weight excluding hydrogens is 583 g/mol. The SMILES string of the molecule is C[C@@H]1CN(Cc2cc3c(c(C(F)(F)F)c2)CN(c2cccc(C4(Cc5nncn5C(F)F)COC4)c2)C3=O)CCC1(F)F. The van der Waals surface area contributed by atoms with E-state index in [0.29, 0.717) is 15.8 Å². The highest BCUT2D eigenvalue weighted by Crippen LogP contribution is 2.42. The van der Waals surface area contributed by atoms with Gasteiger partial charge >= 0.3 is 12.7 Å². The molecule has 3 aliphatic rings. The Hall–Kier alpha value is -3.52. The summed E-state index contributed by atoms with van der Waals surface area (Å²) in [5.74, 6) is -4.34. The predicted octanol–water partition coefficient (Wildman–Crippen LogP) is 5.84. The summed E-state index contributed by atoms with van der Waals surface area (Å²) >= 11 is 0. The van der Waals surface area contributed by atoms with E-state index in [-0.39, 0.29) is 74.7 Å². The highest BCUT2D eigenvalue weighted by atomic mass is 19.4. The van der Waals surface area contributed by atoms with Crippen molar-refractivity contribution in [2.24, 2.45) is 5.92 Å². The molecule has 1 amide bonds. The third-order valence-corrected chi connectivity index (χ3v) is 8.71. The van der Waals surface area contributed by atoms with Crippen molar-refractivity contribution in [3.63, 3.8) is 0 Å². The van der Waals surface area contributed by atoms with Gasteiger partial charge < -0.3 is 9.64 Å². The van der Waals surface area contributed by atoms with Crippen LogP contribution in [0.5, 0.6) is 0 Å². The Bertz CT molecular complexity index is 1540. The molecule has 0 bridgehead atoms. The second kappa shape index (κ2) is 10.6. The first-order valence-corrected chi connectivity index (χ1v) is 13.8. The largest absolute Gasteiger partial charge is 0.416 e. The van der Waals surface area contributed by atoms with Gasteiger partial charge in [-0.2, -0.15) is 22.0 Å². The van der Waals surface area contributed by atoms with Crippen molar-refractivity contribution in [2.75, 3.05) is 31.2 Å². The first-order chi connectivity index (χ1) is 20.3. The molecule has 1 aromatic heterocycles. The fourth-order valence-corrected chi connectivity index (χ4v) is 6.17. The molecule has 4 heterocycles. The lowest BCUT2D eigenvalue weighted by Crippen LogP contribution is -2.49. The van der Waals surface area contributed by atoms with Crippen LogP contribution < -0.4 is 4.90 Å². The molecule has 0 spiro atoms. The summed E-state index contributed by atoms with van der Waals surface area (Å²) in [5, 5.41) is 7.41. The number of rotatable bonds is 7. The van der Waals surface area contributed by atoms with E-state index >= 15 is 0 Å². The summed E-state index contributed by atoms with van der Waals surface area (Å²) in [5.41, 5.74) is -0.676. The maximum atomic E-state index is 14.2. The second-order valence-electron chi connectivity index (χ2n) is 11.6. The molecule has 6 rings (SSSR count). The van der Waals surface area contributed by atoms with Gasteiger partial charge in [0, 0.05) is 55.1 Å². The average molecular weight is 612 g/mol. The quantitative estimate of drug-likeness (QED) is 0.314. The van der Waals surface area contributed by atoms with Gasteiger partial charge in [-0.3, -0.25) is 14.3 Å². The minimum absolute atomic E-state index is 0.00526. The monoisotopic (exact) mass is 611 g/mol. The van der Waals surface area contributed by atoms with Crippen LogP contribution in [0, 0.1) is 5.92 Å². The molecule has 0 N–H and O–H groups in total. The maximum absolute atomic E-state index is 14.2. The molecule has 2 saturated heterocycles. The van der Waals surface area contributed by atoms with Gasteiger partial charge in [-0.1, -0.05) is 19.1 Å². The standard InChI is InChI=1S/C29H28F7N5O2/c1-17-11-39(6-5-28(17,32)33)12-18-7-21-22(23(8-18)29(34,35)36)13-40(25(21)42)20-4-2-3-19(9-20)27(14-43-15-27)10-24-38-37-16-41(24)26(30)31/h2-4,7-9,16-17,26H,5-6,10-15H2,1H3/t17-/m1/s1. The number of carbonyl (C=O) groups excluding carboxylic acids is 1. The summed E-state index contributed by atoms with van der Waals surface area (Å²) < 4.78 is 104. The summed E-state index contributed by atoms with van der Waals surface area (Å²) in [6, 6.07) is 9.10. The van der Waals surface area contributed by atoms with E-state index in [2.05, 4.69) is 10.2 Å². The molecule has 0 unspecified atom stereocenters. The van der Waals surface area contributed by atoms with Crippen molar-refractivity contribution in [3.8, 4) is 0 Å². The number of alkyl halides is 7. The van der Waals surface area contributed by atoms with Crippen LogP contribution in [0.4, 0.5) is 36.4 Å². The first-order valence-electron chi connectivity index (χ1n) is 13.8. The highest BCUT2D eigenvalue weighted by molar-refractivity contribution is 6.10. The second-order valence-corrected chi connectivity index (χ2v) is 11.6. The molecule has 3 aliphatic heterocycles. The van der Waals surface area contributed by atoms with Crippen LogP contribution >= 0.6 is 0 Å². The van der Waals surface area contributed by atoms with Gasteiger partial charge in [0.1, 0.15) is 12.2 Å². The number of hydrogen-bond acceptors (Lipinski definition) is 5. The Kier molecular flexibility index (Phi) is 7.27. The number of piperidine rings is 1. The lowest BCUT2D eigenvalue weighted by atomic mass is 9.75. The average Bonchev–Trinajstić information content (AvgIpc) is 3.52. The minimum Gasteiger partial charge on any atom is -0.379 e. The van der Waals surface area contributed by atoms with Crippen LogP contribution in [0.25, 0.3) is 0 Å². The van der Waals surface area contributed by atoms with Gasteiger partial charge in [-0.15, -0.1) is 10.2 Å². The fraction of sp³-hybridized carbons (Fsp3) is 0.483. The van der Waals surface area contributed by atoms with Gasteiger partial charge in [0.05, 0.1) is 25.3 Å². The number of benzene rings is 2. The number of amides is 1. The summed E-state index contributed by atoms with van der Waals surface area (Å²) in [6.45, 7) is -1.28. The van der Waals surface area contributed by atoms with E-state index < -0.39 is 41.5 Å². The number of hydrogen-bond donors (Lipinski definition) is 0. The molecule has 1 atom stereocenters. The van der Waals surface area contributed by atoms with Crippen molar-refractivity contribution in [1.29, 1.82) is 0 Å². The Morgan fingerprint density at radius 3 is 2.56 bits per heavy atom. The third-order valence-electron chi connectivity index (χ3n) is 8.71. The molecule has 2 aromatic carbocycles. The molecule has 2 fully saturated rings. The van der Waals surface area contributed by atoms with Crippen molar-refractivity contribution in [1.82, 2.24) is 19.7 Å². The fourth-order valence-electron chi connectivity index (χ4n) is 6.17. The number of fused-ring (bicyclic) bond motifs is 1. The van der Waals surface area contributed by atoms with Gasteiger partial charge in [0.15, 0.2) is 0 Å². The van der Waals surface area contributed by atoms with Crippen LogP contribution in [0.3, 0.4) is 0 Å². The van der Waals surface area contributed by atoms with E-state index in [0.717, 1.165) is 12.4 Å². The molecule has 230 valence electrons. The molecule has 0 aliphatic carbocycles. The van der Waals surface area contributed by atoms with Crippen molar-refractivity contribution >= 4 is 11.6 Å². The number of nitrogens with zero attached hydrogens (tertiary/aromatic N) is 5. The van der Waals surface area contributed by atoms with Crippen LogP contribution in [0.1, 0.15) is 58.3 Å². The van der Waals surface area contributed by atoms with Crippen molar-refractivity contribution < 1.29 is 40.3 Å². The van der Waals surface area contributed by atoms with E-state index in [9.17, 15) is 35.5 Å². The first kappa shape index (κ1) is 29.5. The zero-order valence-electron chi connectivity index (χ0n) is 23.1. The molecular formula is C29H28F7N5O2. The number of likely N-dealkylation sites (tertiary alicyclic amines) is 1. The molecule has 0 saturated carbocycles. The zero-order valence-corrected chi connectivity index (χ0v) is 23.1. The van der Waals surface area contributed by atoms with Crippen molar-refractivity contribution in [3.05, 3.63) is 76.4 Å². The number of carbonyl (C=O) groups is 1. The van der Waals surface area contributed by atoms with Gasteiger partial charge in [-0.05, 0) is 41.0 Å². The number of halogens is 7. The normalized spacial score (nSPS) is 21.7. The third kappa shape index (κ3) is 5.39. The topological polar surface area (TPSA) is 63.5 Å². The van der Waals surface area contributed by atoms with Crippen molar-refractivity contribution in [2.45, 2.75) is 56.9 Å². The van der Waals surface area contributed by atoms with Crippen LogP contribution in [-0.2, 0) is 35.8 Å². The summed E-state index contributed by atoms with van der Waals surface area (Å²) in [7, 11) is 0. The molecule has 3 aromatic rings. The highest BCUT2D eigenvalue weighted by Gasteiger charge is 2.45. The molecule has 0 radical (unpaired) electrons. The predicted molar refractivity (Wildman–Crippen MR) is 140 cm³/mol. The Balaban J connectivity index is 1.29. The Morgan fingerprint density at radius 1 is 1.14 bits per heavy atom. The van der Waals surface area contributed by atoms with E-state index in [1.807, 2.05) is 0 Å². The number of anilines is 1. The van der Waals surface area contributed by atoms with Crippen LogP contribution in [0.15, 0.2) is 42.7 Å². The lowest BCUT2D eigenvalue weighted by molar-refractivity contribution is -0.138. The lowest BCUT2D eigenvalue weighted by Gasteiger charge is -2.42. The van der Waals surface area contributed by atoms with E-state index in [1.165, 1.54) is 17.9 Å². The molecule has 43 heavy (non-hydrogen) atoms. The smallest absolute Gasteiger partial charge is 0.379 e. The van der Waals surface area contributed by atoms with Crippen LogP contribution in [-0.4, -0.2) is 57.8 Å². The molecule has 14 heteroatoms. The minimum atomic E-state index is -4.74. The zero-order chi connectivity index (χ0) is 30.7. The summed E-state index contributed by atoms with van der Waals surface area (Å²) in [4.78, 5) is 16.5. The maximum Gasteiger partial charge on any atom is 0.416 e. The number of aromatic nitrogens is 3. The Morgan fingerprint density at radius 2 is 1.91 bits per heavy atom. The van der Waals surface area contributed by atoms with E-state index in [1.54, 1.807) is 29.2 Å². The Labute approximate surface area is 242 Å².